The molecule has 1 aromatic carbocycles. The van der Waals surface area contributed by atoms with Crippen molar-refractivity contribution in [3.63, 3.8) is 0 Å². The number of hydrogen-bond donors (Lipinski definition) is 1. The number of benzene rings is 1. The first-order valence-corrected chi connectivity index (χ1v) is 6.30. The Morgan fingerprint density at radius 1 is 1.45 bits per heavy atom. The van der Waals surface area contributed by atoms with Gasteiger partial charge in [-0.2, -0.15) is 5.10 Å². The second-order valence-corrected chi connectivity index (χ2v) is 4.39. The lowest BCUT2D eigenvalue weighted by Gasteiger charge is -2.00. The fourth-order valence-corrected chi connectivity index (χ4v) is 1.85. The van der Waals surface area contributed by atoms with Crippen LogP contribution < -0.4 is 5.43 Å². The highest BCUT2D eigenvalue weighted by atomic mass is 35.5. The zero-order valence-electron chi connectivity index (χ0n) is 11.3. The molecule has 0 bridgehead atoms. The number of methoxy groups -OCH3 is 1. The van der Waals surface area contributed by atoms with Crippen molar-refractivity contribution in [1.82, 2.24) is 5.43 Å². The van der Waals surface area contributed by atoms with Gasteiger partial charge in [-0.3, -0.25) is 10.1 Å². The zero-order valence-corrected chi connectivity index (χ0v) is 12.0. The number of hydrazone groups is 1. The molecule has 1 heterocycles. The lowest BCUT2D eigenvalue weighted by atomic mass is 10.1. The number of amides is 1. The molecule has 0 aliphatic carbocycles. The highest BCUT2D eigenvalue weighted by Gasteiger charge is 2.13. The van der Waals surface area contributed by atoms with Gasteiger partial charge in [0.05, 0.1) is 23.3 Å². The Morgan fingerprint density at radius 3 is 2.86 bits per heavy atom. The van der Waals surface area contributed by atoms with Crippen molar-refractivity contribution >= 4 is 29.6 Å². The second-order valence-electron chi connectivity index (χ2n) is 3.98. The summed E-state index contributed by atoms with van der Waals surface area (Å²) in [5, 5.41) is 14.5. The average Bonchev–Trinajstić information content (AvgIpc) is 2.95. The van der Waals surface area contributed by atoms with Gasteiger partial charge in [-0.25, -0.2) is 10.2 Å². The third-order valence-electron chi connectivity index (χ3n) is 2.59. The Bertz CT molecular complexity index is 741. The molecule has 1 aromatic heterocycles. The number of rotatable bonds is 4. The van der Waals surface area contributed by atoms with Crippen molar-refractivity contribution in [2.45, 2.75) is 0 Å². The van der Waals surface area contributed by atoms with Gasteiger partial charge in [0.25, 0.3) is 5.69 Å². The van der Waals surface area contributed by atoms with Crippen molar-refractivity contribution < 1.29 is 18.9 Å². The molecule has 0 saturated carbocycles. The number of nitrogens with one attached hydrogen (secondary N) is 1. The lowest BCUT2D eigenvalue weighted by molar-refractivity contribution is -0.384. The van der Waals surface area contributed by atoms with Gasteiger partial charge in [0.1, 0.15) is 11.5 Å². The number of carbonyl (C=O) groups is 1. The van der Waals surface area contributed by atoms with E-state index < -0.39 is 11.0 Å². The molecule has 0 atom stereocenters. The average molecular weight is 324 g/mol. The molecule has 0 aliphatic heterocycles. The maximum Gasteiger partial charge on any atom is 0.427 e. The van der Waals surface area contributed by atoms with Crippen LogP contribution in [0.5, 0.6) is 0 Å². The predicted octanol–water partition coefficient (Wildman–Crippen LogP) is 3.20. The molecule has 0 saturated heterocycles. The molecule has 2 aromatic rings. The summed E-state index contributed by atoms with van der Waals surface area (Å²) in [5.74, 6) is 0.778. The Hall–Kier alpha value is -2.87. The van der Waals surface area contributed by atoms with Crippen LogP contribution in [0.2, 0.25) is 5.02 Å². The van der Waals surface area contributed by atoms with Crippen molar-refractivity contribution in [1.29, 1.82) is 0 Å². The molecular weight excluding hydrogens is 314 g/mol. The smallest absolute Gasteiger partial charge is 0.427 e. The third kappa shape index (κ3) is 3.61. The second kappa shape index (κ2) is 6.72. The fourth-order valence-electron chi connectivity index (χ4n) is 1.58. The summed E-state index contributed by atoms with van der Waals surface area (Å²) < 4.78 is 9.81. The Labute approximate surface area is 129 Å². The molecule has 22 heavy (non-hydrogen) atoms. The van der Waals surface area contributed by atoms with E-state index in [1.165, 1.54) is 31.5 Å². The summed E-state index contributed by atoms with van der Waals surface area (Å²) in [6.45, 7) is 0. The van der Waals surface area contributed by atoms with Gasteiger partial charge in [0.2, 0.25) is 0 Å². The van der Waals surface area contributed by atoms with Crippen LogP contribution in [-0.4, -0.2) is 24.3 Å². The number of ether oxygens (including phenoxy) is 1. The summed E-state index contributed by atoms with van der Waals surface area (Å²) >= 11 is 6.01. The first-order valence-electron chi connectivity index (χ1n) is 5.92. The van der Waals surface area contributed by atoms with Crippen molar-refractivity contribution in [3.8, 4) is 11.3 Å². The molecule has 9 heteroatoms. The summed E-state index contributed by atoms with van der Waals surface area (Å²) in [4.78, 5) is 20.9. The molecule has 2 rings (SSSR count). The lowest BCUT2D eigenvalue weighted by Crippen LogP contribution is -2.16. The Morgan fingerprint density at radius 2 is 2.23 bits per heavy atom. The maximum atomic E-state index is 10.8. The van der Waals surface area contributed by atoms with Gasteiger partial charge in [-0.15, -0.1) is 0 Å². The summed E-state index contributed by atoms with van der Waals surface area (Å²) in [6, 6.07) is 7.30. The van der Waals surface area contributed by atoms with Crippen LogP contribution in [0.3, 0.4) is 0 Å². The number of furan rings is 1. The molecule has 8 nitrogen and oxygen atoms in total. The van der Waals surface area contributed by atoms with Crippen LogP contribution in [0.25, 0.3) is 11.3 Å². The number of non-ortho nitro benzene ring substituents is 1. The number of nitrogens with zero attached hydrogens (tertiary/aromatic N) is 2. The van der Waals surface area contributed by atoms with Gasteiger partial charge in [0, 0.05) is 17.7 Å². The van der Waals surface area contributed by atoms with Gasteiger partial charge in [-0.05, 0) is 18.2 Å². The highest BCUT2D eigenvalue weighted by Crippen LogP contribution is 2.31. The van der Waals surface area contributed by atoms with Gasteiger partial charge in [-0.1, -0.05) is 11.6 Å². The van der Waals surface area contributed by atoms with E-state index in [0.717, 1.165) is 0 Å². The summed E-state index contributed by atoms with van der Waals surface area (Å²) in [6.07, 6.45) is 0.570. The van der Waals surface area contributed by atoms with Gasteiger partial charge < -0.3 is 9.15 Å². The largest absolute Gasteiger partial charge is 0.455 e. The number of hydrogen-bond acceptors (Lipinski definition) is 6. The molecule has 0 unspecified atom stereocenters. The fraction of sp³-hybridized carbons (Fsp3) is 0.0769. The molecule has 0 radical (unpaired) electrons. The molecule has 0 fully saturated rings. The Balaban J connectivity index is 2.18. The minimum atomic E-state index is -0.707. The molecule has 0 spiro atoms. The van der Waals surface area contributed by atoms with Gasteiger partial charge in [0.15, 0.2) is 0 Å². The monoisotopic (exact) mass is 323 g/mol. The maximum absolute atomic E-state index is 10.8. The van der Waals surface area contributed by atoms with Crippen LogP contribution in [-0.2, 0) is 4.74 Å². The number of nitro benzene ring substituents is 1. The quantitative estimate of drug-likeness (QED) is 0.528. The van der Waals surface area contributed by atoms with Crippen molar-refractivity contribution in [3.05, 3.63) is 51.2 Å². The molecule has 114 valence electrons. The minimum Gasteiger partial charge on any atom is -0.455 e. The van der Waals surface area contributed by atoms with Crippen LogP contribution in [0.15, 0.2) is 39.9 Å². The van der Waals surface area contributed by atoms with Gasteiger partial charge >= 0.3 is 6.09 Å². The molecule has 1 amide bonds. The standard InChI is InChI=1S/C13H10ClN3O5/c1-21-13(18)16-15-7-9-3-5-12(22-9)10-4-2-8(17(19)20)6-11(10)14/h2-7H,1H3,(H,16,18)/b15-7+. The SMILES string of the molecule is COC(=O)N/N=C/c1ccc(-c2ccc([N+](=O)[O-])cc2Cl)o1. The number of carbonyl (C=O) groups excluding carboxylic acids is 1. The topological polar surface area (TPSA) is 107 Å². The first-order chi connectivity index (χ1) is 10.5. The predicted molar refractivity (Wildman–Crippen MR) is 78.9 cm³/mol. The van der Waals surface area contributed by atoms with E-state index in [2.05, 4.69) is 15.3 Å². The van der Waals surface area contributed by atoms with Crippen LogP contribution >= 0.6 is 11.6 Å². The van der Waals surface area contributed by atoms with E-state index in [-0.39, 0.29) is 10.7 Å². The molecular formula is C13H10ClN3O5. The normalized spacial score (nSPS) is 10.6. The molecule has 1 N–H and O–H groups in total. The number of nitro groups is 1. The van der Waals surface area contributed by atoms with E-state index in [0.29, 0.717) is 17.1 Å². The van der Waals surface area contributed by atoms with Crippen molar-refractivity contribution in [2.75, 3.05) is 7.11 Å². The Kier molecular flexibility index (Phi) is 4.74. The highest BCUT2D eigenvalue weighted by molar-refractivity contribution is 6.33. The van der Waals surface area contributed by atoms with E-state index >= 15 is 0 Å². The third-order valence-corrected chi connectivity index (χ3v) is 2.90. The van der Waals surface area contributed by atoms with E-state index in [4.69, 9.17) is 16.0 Å². The first kappa shape index (κ1) is 15.5. The summed E-state index contributed by atoms with van der Waals surface area (Å²) in [5.41, 5.74) is 2.51. The summed E-state index contributed by atoms with van der Waals surface area (Å²) in [7, 11) is 1.21. The van der Waals surface area contributed by atoms with Crippen LogP contribution in [0.4, 0.5) is 10.5 Å². The van der Waals surface area contributed by atoms with Crippen molar-refractivity contribution in [2.24, 2.45) is 5.10 Å². The number of halogens is 1. The van der Waals surface area contributed by atoms with E-state index in [1.54, 1.807) is 12.1 Å². The molecule has 0 aliphatic rings. The minimum absolute atomic E-state index is 0.107. The van der Waals surface area contributed by atoms with E-state index in [1.807, 2.05) is 0 Å². The van der Waals surface area contributed by atoms with Crippen LogP contribution in [0, 0.1) is 10.1 Å². The zero-order chi connectivity index (χ0) is 16.1. The van der Waals surface area contributed by atoms with E-state index in [9.17, 15) is 14.9 Å². The van der Waals surface area contributed by atoms with Crippen LogP contribution in [0.1, 0.15) is 5.76 Å².